The monoisotopic (exact) mass is 481 g/mol. The SMILES string of the molecule is Cc1cc(C([O-])=C2C(=O)C(=O)N(CC[NH+](C)C)C2c2cccc([N+](=O)[O-])c2)ccc1OCC(C)C. The van der Waals surface area contributed by atoms with Crippen molar-refractivity contribution in [3.63, 3.8) is 0 Å². The summed E-state index contributed by atoms with van der Waals surface area (Å²) in [5, 5.41) is 25.0. The Kier molecular flexibility index (Phi) is 7.91. The van der Waals surface area contributed by atoms with Crippen LogP contribution in [0.5, 0.6) is 5.75 Å². The standard InChI is InChI=1S/C26H31N3O6/c1-16(2)15-35-21-10-9-19(13-17(21)3)24(30)22-23(18-7-6-8-20(14-18)29(33)34)28(12-11-27(4)5)26(32)25(22)31/h6-10,13-14,16,23,30H,11-12,15H2,1-5H3. The number of ketones is 1. The molecular weight excluding hydrogens is 450 g/mol. The molecule has 1 amide bonds. The van der Waals surface area contributed by atoms with Crippen LogP contribution >= 0.6 is 0 Å². The Balaban J connectivity index is 2.11. The van der Waals surface area contributed by atoms with Crippen molar-refractivity contribution in [2.75, 3.05) is 33.8 Å². The fraction of sp³-hybridized carbons (Fsp3) is 0.385. The van der Waals surface area contributed by atoms with E-state index in [9.17, 15) is 24.8 Å². The number of ether oxygens (including phenoxy) is 1. The van der Waals surface area contributed by atoms with E-state index < -0.39 is 28.4 Å². The molecule has 0 radical (unpaired) electrons. The highest BCUT2D eigenvalue weighted by Gasteiger charge is 2.44. The highest BCUT2D eigenvalue weighted by atomic mass is 16.6. The number of Topliss-reactive ketones (excluding diaryl/α,β-unsaturated/α-hetero) is 1. The number of benzene rings is 2. The van der Waals surface area contributed by atoms with Gasteiger partial charge in [-0.15, -0.1) is 0 Å². The molecule has 0 aromatic heterocycles. The molecule has 2 aromatic carbocycles. The Bertz CT molecular complexity index is 1170. The van der Waals surface area contributed by atoms with E-state index in [2.05, 4.69) is 0 Å². The van der Waals surface area contributed by atoms with Crippen LogP contribution in [0.4, 0.5) is 5.69 Å². The zero-order valence-electron chi connectivity index (χ0n) is 20.7. The summed E-state index contributed by atoms with van der Waals surface area (Å²) < 4.78 is 5.78. The van der Waals surface area contributed by atoms with Crippen LogP contribution in [0.1, 0.15) is 36.6 Å². The summed E-state index contributed by atoms with van der Waals surface area (Å²) in [6.07, 6.45) is 0. The van der Waals surface area contributed by atoms with Gasteiger partial charge in [0.2, 0.25) is 5.78 Å². The first-order valence-electron chi connectivity index (χ1n) is 11.5. The number of nitro groups is 1. The lowest BCUT2D eigenvalue weighted by Crippen LogP contribution is -3.06. The number of nitrogens with zero attached hydrogens (tertiary/aromatic N) is 2. The molecule has 1 atom stereocenters. The molecule has 0 aliphatic carbocycles. The summed E-state index contributed by atoms with van der Waals surface area (Å²) in [5.41, 5.74) is 0.963. The molecule has 2 aromatic rings. The third-order valence-electron chi connectivity index (χ3n) is 5.79. The number of hydrogen-bond donors (Lipinski definition) is 1. The highest BCUT2D eigenvalue weighted by molar-refractivity contribution is 6.46. The van der Waals surface area contributed by atoms with Crippen LogP contribution < -0.4 is 14.7 Å². The van der Waals surface area contributed by atoms with Crippen molar-refractivity contribution in [2.24, 2.45) is 5.92 Å². The van der Waals surface area contributed by atoms with Gasteiger partial charge in [0, 0.05) is 17.7 Å². The van der Waals surface area contributed by atoms with E-state index in [0.717, 1.165) is 10.5 Å². The number of amides is 1. The zero-order valence-corrected chi connectivity index (χ0v) is 20.7. The van der Waals surface area contributed by atoms with Crippen LogP contribution in [0.15, 0.2) is 48.0 Å². The molecule has 0 bridgehead atoms. The quantitative estimate of drug-likeness (QED) is 0.190. The van der Waals surface area contributed by atoms with E-state index in [1.54, 1.807) is 24.3 Å². The minimum Gasteiger partial charge on any atom is -0.872 e. The minimum absolute atomic E-state index is 0.179. The van der Waals surface area contributed by atoms with Gasteiger partial charge in [0.25, 0.3) is 11.6 Å². The lowest BCUT2D eigenvalue weighted by Gasteiger charge is -2.27. The molecule has 9 nitrogen and oxygen atoms in total. The molecule has 1 fully saturated rings. The number of carbonyl (C=O) groups excluding carboxylic acids is 2. The third kappa shape index (κ3) is 5.68. The van der Waals surface area contributed by atoms with Crippen molar-refractivity contribution in [1.29, 1.82) is 0 Å². The fourth-order valence-electron chi connectivity index (χ4n) is 3.96. The summed E-state index contributed by atoms with van der Waals surface area (Å²) in [6.45, 7) is 7.15. The smallest absolute Gasteiger partial charge is 0.295 e. The lowest BCUT2D eigenvalue weighted by molar-refractivity contribution is -0.857. The van der Waals surface area contributed by atoms with Crippen LogP contribution in [0.25, 0.3) is 5.76 Å². The van der Waals surface area contributed by atoms with Crippen molar-refractivity contribution in [1.82, 2.24) is 4.90 Å². The van der Waals surface area contributed by atoms with Gasteiger partial charge in [0.15, 0.2) is 0 Å². The summed E-state index contributed by atoms with van der Waals surface area (Å²) in [5.74, 6) is -1.25. The van der Waals surface area contributed by atoms with Gasteiger partial charge in [0.05, 0.1) is 44.8 Å². The summed E-state index contributed by atoms with van der Waals surface area (Å²) in [4.78, 5) is 39.3. The van der Waals surface area contributed by atoms with E-state index in [0.29, 0.717) is 30.4 Å². The predicted molar refractivity (Wildman–Crippen MR) is 129 cm³/mol. The van der Waals surface area contributed by atoms with E-state index in [-0.39, 0.29) is 23.4 Å². The fourth-order valence-corrected chi connectivity index (χ4v) is 3.96. The predicted octanol–water partition coefficient (Wildman–Crippen LogP) is 1.31. The van der Waals surface area contributed by atoms with Crippen LogP contribution in [0, 0.1) is 23.0 Å². The number of nitrogens with one attached hydrogen (secondary N) is 1. The van der Waals surface area contributed by atoms with E-state index in [4.69, 9.17) is 4.74 Å². The molecule has 0 spiro atoms. The average molecular weight is 482 g/mol. The van der Waals surface area contributed by atoms with Crippen LogP contribution in [0.2, 0.25) is 0 Å². The number of rotatable bonds is 9. The van der Waals surface area contributed by atoms with Gasteiger partial charge in [-0.2, -0.15) is 0 Å². The first-order valence-corrected chi connectivity index (χ1v) is 11.5. The number of aryl methyl sites for hydroxylation is 1. The Morgan fingerprint density at radius 3 is 2.49 bits per heavy atom. The third-order valence-corrected chi connectivity index (χ3v) is 5.79. The van der Waals surface area contributed by atoms with Gasteiger partial charge in [-0.05, 0) is 41.7 Å². The molecule has 1 aliphatic rings. The molecule has 1 aliphatic heterocycles. The van der Waals surface area contributed by atoms with Crippen molar-refractivity contribution < 1.29 is 29.3 Å². The second kappa shape index (κ2) is 10.7. The maximum Gasteiger partial charge on any atom is 0.295 e. The summed E-state index contributed by atoms with van der Waals surface area (Å²) >= 11 is 0. The summed E-state index contributed by atoms with van der Waals surface area (Å²) in [6, 6.07) is 9.63. The normalized spacial score (nSPS) is 17.5. The number of quaternary nitrogens is 1. The first-order chi connectivity index (χ1) is 16.5. The number of nitro benzene ring substituents is 1. The zero-order chi connectivity index (χ0) is 25.9. The number of hydrogen-bond acceptors (Lipinski definition) is 6. The first kappa shape index (κ1) is 25.9. The maximum atomic E-state index is 13.6. The molecule has 0 saturated carbocycles. The van der Waals surface area contributed by atoms with Gasteiger partial charge in [0.1, 0.15) is 5.75 Å². The Morgan fingerprint density at radius 2 is 1.89 bits per heavy atom. The highest BCUT2D eigenvalue weighted by Crippen LogP contribution is 2.39. The van der Waals surface area contributed by atoms with Gasteiger partial charge < -0.3 is 19.6 Å². The summed E-state index contributed by atoms with van der Waals surface area (Å²) in [7, 11) is 3.82. The lowest BCUT2D eigenvalue weighted by atomic mass is 9.94. The van der Waals surface area contributed by atoms with E-state index in [1.807, 2.05) is 34.9 Å². The van der Waals surface area contributed by atoms with Crippen molar-refractivity contribution >= 4 is 23.1 Å². The van der Waals surface area contributed by atoms with Crippen LogP contribution in [0.3, 0.4) is 0 Å². The molecule has 1 unspecified atom stereocenters. The van der Waals surface area contributed by atoms with Crippen molar-refractivity contribution in [2.45, 2.75) is 26.8 Å². The Hall–Kier alpha value is -3.72. The number of likely N-dealkylation sites (N-methyl/N-ethyl adjacent to an activating group) is 1. The van der Waals surface area contributed by atoms with Crippen LogP contribution in [-0.4, -0.2) is 55.3 Å². The topological polar surface area (TPSA) is 117 Å². The Morgan fingerprint density at radius 1 is 1.17 bits per heavy atom. The molecule has 35 heavy (non-hydrogen) atoms. The number of likely N-dealkylation sites (tertiary alicyclic amines) is 1. The second-order valence-corrected chi connectivity index (χ2v) is 9.47. The molecule has 1 N–H and O–H groups in total. The Labute approximate surface area is 204 Å². The second-order valence-electron chi connectivity index (χ2n) is 9.47. The number of non-ortho nitro benzene ring substituents is 1. The van der Waals surface area contributed by atoms with E-state index in [1.165, 1.54) is 23.1 Å². The van der Waals surface area contributed by atoms with Crippen molar-refractivity contribution in [3.8, 4) is 5.75 Å². The average Bonchev–Trinajstić information content (AvgIpc) is 3.06. The van der Waals surface area contributed by atoms with Gasteiger partial charge in [-0.3, -0.25) is 19.7 Å². The van der Waals surface area contributed by atoms with Gasteiger partial charge in [-0.1, -0.05) is 37.8 Å². The van der Waals surface area contributed by atoms with Gasteiger partial charge >= 0.3 is 0 Å². The minimum atomic E-state index is -1.00. The molecular formula is C26H31N3O6. The molecule has 1 heterocycles. The molecule has 9 heteroatoms. The van der Waals surface area contributed by atoms with Crippen LogP contribution in [-0.2, 0) is 9.59 Å². The van der Waals surface area contributed by atoms with Gasteiger partial charge in [-0.25, -0.2) is 0 Å². The van der Waals surface area contributed by atoms with Crippen molar-refractivity contribution in [3.05, 3.63) is 74.8 Å². The molecule has 1 saturated heterocycles. The maximum absolute atomic E-state index is 13.6. The number of carbonyl (C=O) groups is 2. The molecule has 186 valence electrons. The largest absolute Gasteiger partial charge is 0.872 e. The van der Waals surface area contributed by atoms with E-state index >= 15 is 0 Å². The molecule has 3 rings (SSSR count).